The Kier molecular flexibility index (Phi) is 12.3. The number of benzene rings is 1. The molecular formula is C21H37IN4O3. The van der Waals surface area contributed by atoms with Crippen LogP contribution in [-0.2, 0) is 4.74 Å². The minimum absolute atomic E-state index is 0. The third kappa shape index (κ3) is 9.86. The molecule has 1 fully saturated rings. The second-order valence-corrected chi connectivity index (χ2v) is 7.36. The average molecular weight is 520 g/mol. The second-order valence-electron chi connectivity index (χ2n) is 7.36. The number of hydrogen-bond donors (Lipinski definition) is 2. The van der Waals surface area contributed by atoms with Crippen LogP contribution in [0.1, 0.15) is 27.2 Å². The molecule has 1 aliphatic rings. The molecule has 0 saturated carbocycles. The third-order valence-corrected chi connectivity index (χ3v) is 4.60. The van der Waals surface area contributed by atoms with E-state index in [1.165, 1.54) is 0 Å². The predicted octanol–water partition coefficient (Wildman–Crippen LogP) is 2.74. The van der Waals surface area contributed by atoms with Crippen LogP contribution < -0.4 is 20.1 Å². The van der Waals surface area contributed by atoms with Crippen molar-refractivity contribution in [2.24, 2.45) is 4.99 Å². The van der Waals surface area contributed by atoms with Crippen molar-refractivity contribution in [3.05, 3.63) is 24.3 Å². The van der Waals surface area contributed by atoms with Gasteiger partial charge in [-0.1, -0.05) is 6.07 Å². The first kappa shape index (κ1) is 25.8. The van der Waals surface area contributed by atoms with Crippen molar-refractivity contribution in [2.75, 3.05) is 46.9 Å². The van der Waals surface area contributed by atoms with Gasteiger partial charge < -0.3 is 24.8 Å². The minimum atomic E-state index is 0. The van der Waals surface area contributed by atoms with Gasteiger partial charge in [0.25, 0.3) is 0 Å². The highest BCUT2D eigenvalue weighted by Gasteiger charge is 2.21. The van der Waals surface area contributed by atoms with E-state index in [1.807, 2.05) is 31.2 Å². The Morgan fingerprint density at radius 2 is 1.93 bits per heavy atom. The van der Waals surface area contributed by atoms with Crippen LogP contribution in [0.15, 0.2) is 29.3 Å². The van der Waals surface area contributed by atoms with Crippen molar-refractivity contribution in [1.29, 1.82) is 0 Å². The van der Waals surface area contributed by atoms with Crippen LogP contribution >= 0.6 is 24.0 Å². The smallest absolute Gasteiger partial charge is 0.191 e. The number of ether oxygens (including phenoxy) is 3. The SMILES string of the molecule is CN=C(NCCCN1CC(C)OC(C)C1)NCC(C)Oc1cccc(OC)c1.I. The maximum absolute atomic E-state index is 5.93. The van der Waals surface area contributed by atoms with Gasteiger partial charge in [-0.25, -0.2) is 0 Å². The zero-order chi connectivity index (χ0) is 20.4. The number of guanidine groups is 1. The van der Waals surface area contributed by atoms with Gasteiger partial charge in [0.2, 0.25) is 0 Å². The number of methoxy groups -OCH3 is 1. The van der Waals surface area contributed by atoms with E-state index in [1.54, 1.807) is 14.2 Å². The molecule has 29 heavy (non-hydrogen) atoms. The minimum Gasteiger partial charge on any atom is -0.497 e. The summed E-state index contributed by atoms with van der Waals surface area (Å²) >= 11 is 0. The van der Waals surface area contributed by atoms with Crippen LogP contribution in [-0.4, -0.2) is 76.1 Å². The largest absolute Gasteiger partial charge is 0.497 e. The lowest BCUT2D eigenvalue weighted by atomic mass is 10.2. The molecule has 1 aliphatic heterocycles. The van der Waals surface area contributed by atoms with E-state index in [4.69, 9.17) is 14.2 Å². The van der Waals surface area contributed by atoms with Crippen LogP contribution in [0, 0.1) is 0 Å². The van der Waals surface area contributed by atoms with Crippen molar-refractivity contribution in [3.63, 3.8) is 0 Å². The normalized spacial score (nSPS) is 21.1. The number of nitrogens with zero attached hydrogens (tertiary/aromatic N) is 2. The Hall–Kier alpha value is -1.26. The van der Waals surface area contributed by atoms with E-state index in [0.29, 0.717) is 18.8 Å². The summed E-state index contributed by atoms with van der Waals surface area (Å²) in [6, 6.07) is 7.64. The number of morpholine rings is 1. The molecule has 1 aromatic rings. The van der Waals surface area contributed by atoms with Gasteiger partial charge in [-0.3, -0.25) is 9.89 Å². The van der Waals surface area contributed by atoms with Crippen LogP contribution in [0.25, 0.3) is 0 Å². The summed E-state index contributed by atoms with van der Waals surface area (Å²) in [6.45, 7) is 10.9. The Balaban J connectivity index is 0.00000420. The number of hydrogen-bond acceptors (Lipinski definition) is 5. The van der Waals surface area contributed by atoms with Gasteiger partial charge in [0.1, 0.15) is 17.6 Å². The zero-order valence-corrected chi connectivity index (χ0v) is 20.6. The first-order valence-electron chi connectivity index (χ1n) is 10.1. The monoisotopic (exact) mass is 520 g/mol. The summed E-state index contributed by atoms with van der Waals surface area (Å²) in [5, 5.41) is 6.69. The zero-order valence-electron chi connectivity index (χ0n) is 18.3. The topological polar surface area (TPSA) is 67.4 Å². The van der Waals surface area contributed by atoms with Crippen molar-refractivity contribution in [3.8, 4) is 11.5 Å². The number of halogens is 1. The molecule has 7 nitrogen and oxygen atoms in total. The molecule has 1 saturated heterocycles. The first-order chi connectivity index (χ1) is 13.5. The maximum Gasteiger partial charge on any atom is 0.191 e. The molecule has 0 aromatic heterocycles. The molecule has 0 radical (unpaired) electrons. The van der Waals surface area contributed by atoms with Gasteiger partial charge in [0.05, 0.1) is 25.9 Å². The molecule has 0 spiro atoms. The summed E-state index contributed by atoms with van der Waals surface area (Å²) < 4.78 is 16.9. The number of aliphatic imine (C=N–C) groups is 1. The van der Waals surface area contributed by atoms with Crippen LogP contribution in [0.5, 0.6) is 11.5 Å². The van der Waals surface area contributed by atoms with Gasteiger partial charge >= 0.3 is 0 Å². The van der Waals surface area contributed by atoms with Crippen LogP contribution in [0.2, 0.25) is 0 Å². The fourth-order valence-corrected chi connectivity index (χ4v) is 3.39. The van der Waals surface area contributed by atoms with Gasteiger partial charge in [0.15, 0.2) is 5.96 Å². The Labute approximate surface area is 192 Å². The molecular weight excluding hydrogens is 483 g/mol. The van der Waals surface area contributed by atoms with E-state index in [9.17, 15) is 0 Å². The molecule has 2 rings (SSSR count). The number of rotatable bonds is 9. The van der Waals surface area contributed by atoms with Gasteiger partial charge in [-0.2, -0.15) is 0 Å². The van der Waals surface area contributed by atoms with Crippen molar-refractivity contribution >= 4 is 29.9 Å². The lowest BCUT2D eigenvalue weighted by molar-refractivity contribution is -0.0679. The third-order valence-electron chi connectivity index (χ3n) is 4.60. The molecule has 8 heteroatoms. The van der Waals surface area contributed by atoms with E-state index in [-0.39, 0.29) is 30.1 Å². The highest BCUT2D eigenvalue weighted by atomic mass is 127. The summed E-state index contributed by atoms with van der Waals surface area (Å²) in [4.78, 5) is 6.76. The average Bonchev–Trinajstić information content (AvgIpc) is 2.67. The number of nitrogens with one attached hydrogen (secondary N) is 2. The Morgan fingerprint density at radius 1 is 1.24 bits per heavy atom. The Morgan fingerprint density at radius 3 is 2.59 bits per heavy atom. The molecule has 3 atom stereocenters. The summed E-state index contributed by atoms with van der Waals surface area (Å²) in [7, 11) is 3.44. The van der Waals surface area contributed by atoms with Crippen molar-refractivity contribution < 1.29 is 14.2 Å². The summed E-state index contributed by atoms with van der Waals surface area (Å²) in [5.41, 5.74) is 0. The predicted molar refractivity (Wildman–Crippen MR) is 129 cm³/mol. The fraction of sp³-hybridized carbons (Fsp3) is 0.667. The van der Waals surface area contributed by atoms with Gasteiger partial charge in [0, 0.05) is 39.3 Å². The molecule has 3 unspecified atom stereocenters. The van der Waals surface area contributed by atoms with Gasteiger partial charge in [-0.15, -0.1) is 24.0 Å². The quantitative estimate of drug-likeness (QED) is 0.226. The van der Waals surface area contributed by atoms with E-state index in [0.717, 1.165) is 50.1 Å². The first-order valence-corrected chi connectivity index (χ1v) is 10.1. The van der Waals surface area contributed by atoms with Crippen LogP contribution in [0.4, 0.5) is 0 Å². The molecule has 0 amide bonds. The molecule has 0 aliphatic carbocycles. The summed E-state index contributed by atoms with van der Waals surface area (Å²) in [6.07, 6.45) is 1.70. The molecule has 166 valence electrons. The fourth-order valence-electron chi connectivity index (χ4n) is 3.39. The molecule has 1 aromatic carbocycles. The lowest BCUT2D eigenvalue weighted by Crippen LogP contribution is -2.46. The Bertz CT molecular complexity index is 607. The summed E-state index contributed by atoms with van der Waals surface area (Å²) in [5.74, 6) is 2.38. The van der Waals surface area contributed by atoms with E-state index in [2.05, 4.69) is 34.4 Å². The van der Waals surface area contributed by atoms with Crippen molar-refractivity contribution in [1.82, 2.24) is 15.5 Å². The van der Waals surface area contributed by atoms with Gasteiger partial charge in [-0.05, 0) is 39.3 Å². The van der Waals surface area contributed by atoms with Crippen LogP contribution in [0.3, 0.4) is 0 Å². The van der Waals surface area contributed by atoms with E-state index < -0.39 is 0 Å². The maximum atomic E-state index is 5.93. The van der Waals surface area contributed by atoms with Crippen molar-refractivity contribution in [2.45, 2.75) is 45.5 Å². The second kappa shape index (κ2) is 13.9. The van der Waals surface area contributed by atoms with E-state index >= 15 is 0 Å². The lowest BCUT2D eigenvalue weighted by Gasteiger charge is -2.35. The molecule has 2 N–H and O–H groups in total. The molecule has 0 bridgehead atoms. The highest BCUT2D eigenvalue weighted by Crippen LogP contribution is 2.19. The standard InChI is InChI=1S/C21H36N4O3.HI/c1-16(28-20-9-6-8-19(12-20)26-5)13-24-21(22-4)23-10-7-11-25-14-17(2)27-18(3)15-25;/h6,8-9,12,16-18H,7,10-11,13-15H2,1-5H3,(H2,22,23,24);1H. The molecule has 1 heterocycles. The highest BCUT2D eigenvalue weighted by molar-refractivity contribution is 14.0.